The lowest BCUT2D eigenvalue weighted by molar-refractivity contribution is -0.137. The molecular formula is C18H15ClF3N3O3S. The Kier molecular flexibility index (Phi) is 6.89. The van der Waals surface area contributed by atoms with Gasteiger partial charge in [0.15, 0.2) is 0 Å². The van der Waals surface area contributed by atoms with Gasteiger partial charge in [-0.25, -0.2) is 13.1 Å². The fourth-order valence-corrected chi connectivity index (χ4v) is 3.70. The lowest BCUT2D eigenvalue weighted by atomic mass is 10.1. The molecule has 0 saturated heterocycles. The zero-order valence-electron chi connectivity index (χ0n) is 15.0. The molecule has 0 heterocycles. The number of nitrogens with zero attached hydrogens (tertiary/aromatic N) is 2. The molecule has 6 nitrogen and oxygen atoms in total. The summed E-state index contributed by atoms with van der Waals surface area (Å²) < 4.78 is 64.6. The number of hydrogen-bond donors (Lipinski definition) is 1. The first-order chi connectivity index (χ1) is 13.5. The Morgan fingerprint density at radius 2 is 1.83 bits per heavy atom. The second kappa shape index (κ2) is 8.82. The van der Waals surface area contributed by atoms with Crippen molar-refractivity contribution in [2.45, 2.75) is 17.5 Å². The van der Waals surface area contributed by atoms with Gasteiger partial charge in [0.05, 0.1) is 27.2 Å². The number of hydrogen-bond acceptors (Lipinski definition) is 4. The highest BCUT2D eigenvalue weighted by atomic mass is 35.5. The van der Waals surface area contributed by atoms with E-state index in [1.807, 2.05) is 6.07 Å². The van der Waals surface area contributed by atoms with E-state index in [-0.39, 0.29) is 34.1 Å². The molecule has 29 heavy (non-hydrogen) atoms. The number of alkyl halides is 3. The monoisotopic (exact) mass is 445 g/mol. The summed E-state index contributed by atoms with van der Waals surface area (Å²) in [6.45, 7) is -0.0470. The molecule has 0 atom stereocenters. The SMILES string of the molecule is CN(C(=O)c1ccc(S(=O)(=O)NCCC#N)cc1)c1ccc(C(F)(F)F)cc1Cl. The van der Waals surface area contributed by atoms with E-state index in [1.54, 1.807) is 0 Å². The summed E-state index contributed by atoms with van der Waals surface area (Å²) in [5.74, 6) is -0.590. The molecule has 0 fully saturated rings. The van der Waals surface area contributed by atoms with Crippen molar-refractivity contribution in [3.8, 4) is 6.07 Å². The maximum Gasteiger partial charge on any atom is 0.416 e. The number of amides is 1. The summed E-state index contributed by atoms with van der Waals surface area (Å²) in [5.41, 5.74) is -0.760. The maximum atomic E-state index is 12.7. The summed E-state index contributed by atoms with van der Waals surface area (Å²) in [5, 5.41) is 8.21. The van der Waals surface area contributed by atoms with Crippen molar-refractivity contribution in [1.82, 2.24) is 4.72 Å². The van der Waals surface area contributed by atoms with Crippen LogP contribution >= 0.6 is 11.6 Å². The normalized spacial score (nSPS) is 11.7. The number of nitriles is 1. The summed E-state index contributed by atoms with van der Waals surface area (Å²) in [6.07, 6.45) is -4.55. The van der Waals surface area contributed by atoms with Crippen LogP contribution in [0.2, 0.25) is 5.02 Å². The van der Waals surface area contributed by atoms with Crippen molar-refractivity contribution in [2.24, 2.45) is 0 Å². The van der Waals surface area contributed by atoms with Gasteiger partial charge in [0.1, 0.15) is 0 Å². The average molecular weight is 446 g/mol. The molecule has 154 valence electrons. The van der Waals surface area contributed by atoms with Gasteiger partial charge < -0.3 is 4.90 Å². The second-order valence-electron chi connectivity index (χ2n) is 5.86. The Morgan fingerprint density at radius 3 is 2.34 bits per heavy atom. The Balaban J connectivity index is 2.21. The van der Waals surface area contributed by atoms with Crippen molar-refractivity contribution in [3.05, 3.63) is 58.6 Å². The van der Waals surface area contributed by atoms with Crippen molar-refractivity contribution >= 4 is 33.2 Å². The van der Waals surface area contributed by atoms with E-state index in [4.69, 9.17) is 16.9 Å². The number of anilines is 1. The van der Waals surface area contributed by atoms with Gasteiger partial charge in [0, 0.05) is 25.6 Å². The van der Waals surface area contributed by atoms with Crippen LogP contribution in [0, 0.1) is 11.3 Å². The number of sulfonamides is 1. The Morgan fingerprint density at radius 1 is 1.21 bits per heavy atom. The lowest BCUT2D eigenvalue weighted by Gasteiger charge is -2.20. The van der Waals surface area contributed by atoms with Gasteiger partial charge in [-0.1, -0.05) is 11.6 Å². The van der Waals surface area contributed by atoms with Gasteiger partial charge in [-0.3, -0.25) is 4.79 Å². The molecule has 0 aromatic heterocycles. The second-order valence-corrected chi connectivity index (χ2v) is 8.03. The maximum absolute atomic E-state index is 12.7. The van der Waals surface area contributed by atoms with Crippen LogP contribution in [0.3, 0.4) is 0 Å². The minimum absolute atomic E-state index is 0.00841. The molecule has 1 amide bonds. The van der Waals surface area contributed by atoms with E-state index >= 15 is 0 Å². The molecule has 0 unspecified atom stereocenters. The van der Waals surface area contributed by atoms with E-state index < -0.39 is 27.7 Å². The Bertz CT molecular complexity index is 1050. The summed E-state index contributed by atoms with van der Waals surface area (Å²) in [6, 6.07) is 9.40. The molecule has 11 heteroatoms. The standard InChI is InChI=1S/C18H15ClF3N3O3S/c1-25(16-8-5-13(11-15(16)19)18(20,21)22)17(26)12-3-6-14(7-4-12)29(27,28)24-10-2-9-23/h3-8,11,24H,2,10H2,1H3. The first-order valence-corrected chi connectivity index (χ1v) is 9.95. The van der Waals surface area contributed by atoms with Crippen molar-refractivity contribution < 1.29 is 26.4 Å². The van der Waals surface area contributed by atoms with Crippen LogP contribution in [-0.4, -0.2) is 27.9 Å². The quantitative estimate of drug-likeness (QED) is 0.684. The number of rotatable bonds is 6. The molecule has 2 aromatic carbocycles. The van der Waals surface area contributed by atoms with Crippen LogP contribution in [0.25, 0.3) is 0 Å². The smallest absolute Gasteiger partial charge is 0.310 e. The molecule has 0 saturated carbocycles. The van der Waals surface area contributed by atoms with Crippen LogP contribution in [0.5, 0.6) is 0 Å². The third kappa shape index (κ3) is 5.47. The number of carbonyl (C=O) groups is 1. The minimum atomic E-state index is -4.56. The number of benzene rings is 2. The van der Waals surface area contributed by atoms with Gasteiger partial charge in [0.25, 0.3) is 5.91 Å². The summed E-state index contributed by atoms with van der Waals surface area (Å²) in [4.78, 5) is 13.6. The van der Waals surface area contributed by atoms with Gasteiger partial charge in [-0.2, -0.15) is 18.4 Å². The third-order valence-corrected chi connectivity index (χ3v) is 5.66. The average Bonchev–Trinajstić information content (AvgIpc) is 2.66. The first-order valence-electron chi connectivity index (χ1n) is 8.09. The predicted molar refractivity (Wildman–Crippen MR) is 101 cm³/mol. The van der Waals surface area contributed by atoms with Crippen LogP contribution in [0.15, 0.2) is 47.4 Å². The molecule has 2 rings (SSSR count). The molecular weight excluding hydrogens is 431 g/mol. The topological polar surface area (TPSA) is 90.3 Å². The van der Waals surface area contributed by atoms with Gasteiger partial charge >= 0.3 is 6.18 Å². The number of carbonyl (C=O) groups excluding carboxylic acids is 1. The first kappa shape index (κ1) is 22.7. The van der Waals surface area contributed by atoms with Crippen molar-refractivity contribution in [3.63, 3.8) is 0 Å². The minimum Gasteiger partial charge on any atom is -0.310 e. The highest BCUT2D eigenvalue weighted by molar-refractivity contribution is 7.89. The van der Waals surface area contributed by atoms with Crippen LogP contribution in [0.4, 0.5) is 18.9 Å². The highest BCUT2D eigenvalue weighted by Gasteiger charge is 2.31. The lowest BCUT2D eigenvalue weighted by Crippen LogP contribution is -2.27. The number of halogens is 4. The Labute approximate surface area is 170 Å². The van der Waals surface area contributed by atoms with Crippen LogP contribution in [0.1, 0.15) is 22.3 Å². The molecule has 0 radical (unpaired) electrons. The molecule has 1 N–H and O–H groups in total. The molecule has 0 aliphatic carbocycles. The highest BCUT2D eigenvalue weighted by Crippen LogP contribution is 2.35. The fraction of sp³-hybridized carbons (Fsp3) is 0.222. The Hall–Kier alpha value is -2.61. The molecule has 0 bridgehead atoms. The zero-order valence-corrected chi connectivity index (χ0v) is 16.6. The molecule has 0 aliphatic rings. The van der Waals surface area contributed by atoms with Gasteiger partial charge in [0.2, 0.25) is 10.0 Å². The van der Waals surface area contributed by atoms with Gasteiger partial charge in [-0.05, 0) is 42.5 Å². The summed E-state index contributed by atoms with van der Waals surface area (Å²) in [7, 11) is -2.49. The van der Waals surface area contributed by atoms with E-state index in [0.29, 0.717) is 0 Å². The molecule has 2 aromatic rings. The molecule has 0 aliphatic heterocycles. The molecule has 0 spiro atoms. The van der Waals surface area contributed by atoms with Gasteiger partial charge in [-0.15, -0.1) is 0 Å². The van der Waals surface area contributed by atoms with E-state index in [1.165, 1.54) is 31.3 Å². The van der Waals surface area contributed by atoms with E-state index in [9.17, 15) is 26.4 Å². The van der Waals surface area contributed by atoms with Crippen LogP contribution < -0.4 is 9.62 Å². The summed E-state index contributed by atoms with van der Waals surface area (Å²) >= 11 is 5.90. The number of nitrogens with one attached hydrogen (secondary N) is 1. The third-order valence-electron chi connectivity index (χ3n) is 3.88. The van der Waals surface area contributed by atoms with E-state index in [0.717, 1.165) is 23.1 Å². The van der Waals surface area contributed by atoms with Crippen molar-refractivity contribution in [2.75, 3.05) is 18.5 Å². The fourth-order valence-electron chi connectivity index (χ4n) is 2.36. The van der Waals surface area contributed by atoms with Crippen LogP contribution in [-0.2, 0) is 16.2 Å². The largest absolute Gasteiger partial charge is 0.416 e. The zero-order chi connectivity index (χ0) is 21.8. The van der Waals surface area contributed by atoms with E-state index in [2.05, 4.69) is 4.72 Å². The predicted octanol–water partition coefficient (Wildman–Crippen LogP) is 3.83. The van der Waals surface area contributed by atoms with Crippen molar-refractivity contribution in [1.29, 1.82) is 5.26 Å².